The highest BCUT2D eigenvalue weighted by molar-refractivity contribution is 6.31. The van der Waals surface area contributed by atoms with Gasteiger partial charge in [-0.15, -0.1) is 0 Å². The van der Waals surface area contributed by atoms with E-state index < -0.39 is 0 Å². The Morgan fingerprint density at radius 3 is 2.83 bits per heavy atom. The third kappa shape index (κ3) is 3.05. The van der Waals surface area contributed by atoms with E-state index in [1.54, 1.807) is 17.1 Å². The van der Waals surface area contributed by atoms with Crippen LogP contribution in [-0.2, 0) is 6.54 Å². The molecule has 2 rings (SSSR count). The molecule has 3 nitrogen and oxygen atoms in total. The van der Waals surface area contributed by atoms with Gasteiger partial charge in [-0.2, -0.15) is 5.10 Å². The fourth-order valence-corrected chi connectivity index (χ4v) is 2.13. The molecule has 1 N–H and O–H groups in total. The van der Waals surface area contributed by atoms with E-state index in [0.717, 1.165) is 35.8 Å². The zero-order valence-electron chi connectivity index (χ0n) is 10.2. The van der Waals surface area contributed by atoms with Crippen molar-refractivity contribution in [2.45, 2.75) is 19.9 Å². The highest BCUT2D eigenvalue weighted by Crippen LogP contribution is 2.23. The van der Waals surface area contributed by atoms with Crippen LogP contribution in [0.5, 0.6) is 0 Å². The molecule has 5 heteroatoms. The Labute approximate surface area is 117 Å². The first-order valence-electron chi connectivity index (χ1n) is 5.91. The molecule has 0 aliphatic carbocycles. The first-order valence-corrected chi connectivity index (χ1v) is 6.66. The van der Waals surface area contributed by atoms with Crippen LogP contribution in [0.2, 0.25) is 10.0 Å². The number of halogens is 2. The average molecular weight is 284 g/mol. The summed E-state index contributed by atoms with van der Waals surface area (Å²) >= 11 is 12.1. The summed E-state index contributed by atoms with van der Waals surface area (Å²) in [4.78, 5) is 0. The van der Waals surface area contributed by atoms with Crippen molar-refractivity contribution in [3.05, 3.63) is 46.2 Å². The lowest BCUT2D eigenvalue weighted by Crippen LogP contribution is -2.16. The van der Waals surface area contributed by atoms with Gasteiger partial charge in [0.25, 0.3) is 0 Å². The molecule has 0 radical (unpaired) electrons. The number of hydrogen-bond acceptors (Lipinski definition) is 2. The van der Waals surface area contributed by atoms with E-state index in [1.165, 1.54) is 0 Å². The van der Waals surface area contributed by atoms with Crippen LogP contribution in [0, 0.1) is 0 Å². The molecule has 0 fully saturated rings. The number of benzene rings is 1. The van der Waals surface area contributed by atoms with Gasteiger partial charge >= 0.3 is 0 Å². The maximum Gasteiger partial charge on any atom is 0.0790 e. The van der Waals surface area contributed by atoms with Crippen molar-refractivity contribution in [3.8, 4) is 5.69 Å². The van der Waals surface area contributed by atoms with Crippen LogP contribution in [0.15, 0.2) is 30.6 Å². The van der Waals surface area contributed by atoms with Crippen LogP contribution < -0.4 is 5.32 Å². The van der Waals surface area contributed by atoms with Crippen LogP contribution in [0.3, 0.4) is 0 Å². The minimum Gasteiger partial charge on any atom is -0.313 e. The van der Waals surface area contributed by atoms with Crippen molar-refractivity contribution in [3.63, 3.8) is 0 Å². The highest BCUT2D eigenvalue weighted by atomic mass is 35.5. The van der Waals surface area contributed by atoms with E-state index in [-0.39, 0.29) is 0 Å². The van der Waals surface area contributed by atoms with Gasteiger partial charge in [-0.3, -0.25) is 0 Å². The topological polar surface area (TPSA) is 29.9 Å². The zero-order valence-corrected chi connectivity index (χ0v) is 11.7. The lowest BCUT2D eigenvalue weighted by molar-refractivity contribution is 0.670. The first kappa shape index (κ1) is 13.4. The number of nitrogens with zero attached hydrogens (tertiary/aromatic N) is 2. The quantitative estimate of drug-likeness (QED) is 0.849. The normalized spacial score (nSPS) is 10.8. The maximum absolute atomic E-state index is 6.25. The van der Waals surface area contributed by atoms with Gasteiger partial charge in [-0.1, -0.05) is 36.2 Å². The summed E-state index contributed by atoms with van der Waals surface area (Å²) in [6.07, 6.45) is 4.48. The lowest BCUT2D eigenvalue weighted by Gasteiger charge is -2.12. The van der Waals surface area contributed by atoms with Gasteiger partial charge in [0.05, 0.1) is 16.9 Å². The molecule has 0 atom stereocenters. The fourth-order valence-electron chi connectivity index (χ4n) is 1.76. The number of nitrogens with one attached hydrogen (secondary N) is 1. The summed E-state index contributed by atoms with van der Waals surface area (Å²) in [7, 11) is 0. The number of rotatable bonds is 5. The molecule has 1 aromatic heterocycles. The minimum atomic E-state index is 0.613. The molecular weight excluding hydrogens is 269 g/mol. The molecule has 0 aliphatic heterocycles. The van der Waals surface area contributed by atoms with E-state index in [1.807, 2.05) is 18.2 Å². The van der Waals surface area contributed by atoms with E-state index in [0.29, 0.717) is 5.02 Å². The lowest BCUT2D eigenvalue weighted by atomic mass is 10.1. The standard InChI is InChI=1S/C13H15Cl2N3/c1-2-6-16-8-11-12(15)4-3-5-13(11)18-9-10(14)7-17-18/h3-5,7,9,16H,2,6,8H2,1H3. The molecule has 0 bridgehead atoms. The molecular formula is C13H15Cl2N3. The minimum absolute atomic E-state index is 0.613. The summed E-state index contributed by atoms with van der Waals surface area (Å²) in [5, 5.41) is 8.92. The predicted octanol–water partition coefficient (Wildman–Crippen LogP) is 3.68. The van der Waals surface area contributed by atoms with Crippen molar-refractivity contribution in [1.29, 1.82) is 0 Å². The Kier molecular flexibility index (Phi) is 4.64. The van der Waals surface area contributed by atoms with Crippen molar-refractivity contribution in [2.24, 2.45) is 0 Å². The van der Waals surface area contributed by atoms with Crippen LogP contribution >= 0.6 is 23.2 Å². The van der Waals surface area contributed by atoms with Crippen LogP contribution in [0.25, 0.3) is 5.69 Å². The molecule has 18 heavy (non-hydrogen) atoms. The number of aromatic nitrogens is 2. The Balaban J connectivity index is 2.31. The molecule has 0 aliphatic rings. The van der Waals surface area contributed by atoms with Gasteiger partial charge in [0.1, 0.15) is 0 Å². The monoisotopic (exact) mass is 283 g/mol. The Bertz CT molecular complexity index is 523. The van der Waals surface area contributed by atoms with Gasteiger partial charge in [0.2, 0.25) is 0 Å². The van der Waals surface area contributed by atoms with E-state index in [4.69, 9.17) is 23.2 Å². The molecule has 1 heterocycles. The van der Waals surface area contributed by atoms with Crippen LogP contribution in [-0.4, -0.2) is 16.3 Å². The summed E-state index contributed by atoms with van der Waals surface area (Å²) in [6, 6.07) is 5.79. The second kappa shape index (κ2) is 6.23. The highest BCUT2D eigenvalue weighted by Gasteiger charge is 2.09. The van der Waals surface area contributed by atoms with Gasteiger partial charge in [0.15, 0.2) is 0 Å². The Morgan fingerprint density at radius 1 is 1.33 bits per heavy atom. The zero-order chi connectivity index (χ0) is 13.0. The molecule has 0 saturated heterocycles. The van der Waals surface area contributed by atoms with Crippen molar-refractivity contribution < 1.29 is 0 Å². The second-order valence-electron chi connectivity index (χ2n) is 4.02. The molecule has 0 unspecified atom stereocenters. The molecule has 96 valence electrons. The molecule has 0 amide bonds. The third-order valence-electron chi connectivity index (χ3n) is 2.62. The van der Waals surface area contributed by atoms with Crippen molar-refractivity contribution >= 4 is 23.2 Å². The molecule has 2 aromatic rings. The SMILES string of the molecule is CCCNCc1c(Cl)cccc1-n1cc(Cl)cn1. The van der Waals surface area contributed by atoms with Gasteiger partial charge < -0.3 is 5.32 Å². The summed E-state index contributed by atoms with van der Waals surface area (Å²) in [5.41, 5.74) is 1.99. The van der Waals surface area contributed by atoms with E-state index in [9.17, 15) is 0 Å². The smallest absolute Gasteiger partial charge is 0.0790 e. The molecule has 0 saturated carbocycles. The van der Waals surface area contributed by atoms with Crippen molar-refractivity contribution in [1.82, 2.24) is 15.1 Å². The molecule has 1 aromatic carbocycles. The summed E-state index contributed by atoms with van der Waals surface area (Å²) in [5.74, 6) is 0. The maximum atomic E-state index is 6.25. The average Bonchev–Trinajstić information content (AvgIpc) is 2.78. The van der Waals surface area contributed by atoms with Gasteiger partial charge in [-0.05, 0) is 25.1 Å². The van der Waals surface area contributed by atoms with Crippen LogP contribution in [0.1, 0.15) is 18.9 Å². The van der Waals surface area contributed by atoms with Crippen molar-refractivity contribution in [2.75, 3.05) is 6.54 Å². The largest absolute Gasteiger partial charge is 0.313 e. The number of hydrogen-bond donors (Lipinski definition) is 1. The Hall–Kier alpha value is -1.03. The first-order chi connectivity index (χ1) is 8.72. The summed E-state index contributed by atoms with van der Waals surface area (Å²) in [6.45, 7) is 3.82. The van der Waals surface area contributed by atoms with Gasteiger partial charge in [-0.25, -0.2) is 4.68 Å². The Morgan fingerprint density at radius 2 is 2.17 bits per heavy atom. The third-order valence-corrected chi connectivity index (χ3v) is 3.17. The van der Waals surface area contributed by atoms with Crippen LogP contribution in [0.4, 0.5) is 0 Å². The second-order valence-corrected chi connectivity index (χ2v) is 4.86. The fraction of sp³-hybridized carbons (Fsp3) is 0.308. The van der Waals surface area contributed by atoms with Gasteiger partial charge in [0, 0.05) is 23.3 Å². The van der Waals surface area contributed by atoms with E-state index in [2.05, 4.69) is 17.3 Å². The predicted molar refractivity (Wildman–Crippen MR) is 75.6 cm³/mol. The molecule has 0 spiro atoms. The van der Waals surface area contributed by atoms with E-state index >= 15 is 0 Å². The summed E-state index contributed by atoms with van der Waals surface area (Å²) < 4.78 is 1.75.